The molecule has 0 heterocycles. The van der Waals surface area contributed by atoms with Crippen LogP contribution in [0.5, 0.6) is 5.75 Å². The Balaban J connectivity index is 0.000000277. The van der Waals surface area contributed by atoms with Crippen LogP contribution in [-0.4, -0.2) is 5.11 Å². The molecule has 156 valence electrons. The van der Waals surface area contributed by atoms with E-state index in [-0.39, 0.29) is 0 Å². The molecule has 0 aliphatic heterocycles. The van der Waals surface area contributed by atoms with Gasteiger partial charge in [0.15, 0.2) is 0 Å². The number of para-hydroxylation sites is 1. The Morgan fingerprint density at radius 3 is 1.69 bits per heavy atom. The Morgan fingerprint density at radius 1 is 0.828 bits per heavy atom. The van der Waals surface area contributed by atoms with E-state index in [4.69, 9.17) is 18.6 Å². The summed E-state index contributed by atoms with van der Waals surface area (Å²) in [4.78, 5) is 0. The van der Waals surface area contributed by atoms with Crippen LogP contribution in [0.1, 0.15) is 53.1 Å². The standard InChI is InChI=1S/C15H16O.C10H15.2ClH.Ti/c1-11(2)13-9-6-10-14(15(13)16)12-7-4-3-5-8-12;1-6-7(2)9(4)10(5)8(6)3;;;/h3-11,16H,1-2H3;1-5H3;2*1H;/q;-1;;;+2/p-2. The molecule has 0 saturated heterocycles. The summed E-state index contributed by atoms with van der Waals surface area (Å²) in [6.07, 6.45) is 0. The fourth-order valence-electron chi connectivity index (χ4n) is 3.28. The summed E-state index contributed by atoms with van der Waals surface area (Å²) in [6, 6.07) is 15.9. The molecule has 0 bridgehead atoms. The molecule has 0 radical (unpaired) electrons. The molecule has 1 N–H and O–H groups in total. The zero-order valence-corrected chi connectivity index (χ0v) is 21.5. The van der Waals surface area contributed by atoms with Crippen LogP contribution in [-0.2, 0) is 17.0 Å². The Labute approximate surface area is 193 Å². The van der Waals surface area contributed by atoms with Crippen LogP contribution in [0.3, 0.4) is 0 Å². The number of halogens is 2. The summed E-state index contributed by atoms with van der Waals surface area (Å²) in [5, 5.41) is 10.2. The third kappa shape index (κ3) is 6.97. The van der Waals surface area contributed by atoms with E-state index in [1.807, 2.05) is 48.5 Å². The third-order valence-electron chi connectivity index (χ3n) is 5.59. The van der Waals surface area contributed by atoms with Crippen LogP contribution in [0.4, 0.5) is 0 Å². The summed E-state index contributed by atoms with van der Waals surface area (Å²) in [5.74, 6) is 0.743. The topological polar surface area (TPSA) is 20.2 Å². The van der Waals surface area contributed by atoms with E-state index in [1.165, 1.54) is 27.8 Å². The van der Waals surface area contributed by atoms with E-state index in [1.54, 1.807) is 0 Å². The molecule has 0 atom stereocenters. The van der Waals surface area contributed by atoms with Gasteiger partial charge in [-0.3, -0.25) is 0 Å². The van der Waals surface area contributed by atoms with Crippen LogP contribution in [0.2, 0.25) is 0 Å². The van der Waals surface area contributed by atoms with Crippen molar-refractivity contribution in [3.05, 3.63) is 81.9 Å². The molecular formula is C25H31Cl2OTi-. The van der Waals surface area contributed by atoms with Gasteiger partial charge in [-0.2, -0.15) is 27.8 Å². The van der Waals surface area contributed by atoms with Gasteiger partial charge in [0, 0.05) is 5.56 Å². The molecule has 3 aromatic carbocycles. The summed E-state index contributed by atoms with van der Waals surface area (Å²) < 4.78 is 0. The average molecular weight is 466 g/mol. The average Bonchev–Trinajstić information content (AvgIpc) is 2.87. The van der Waals surface area contributed by atoms with Crippen molar-refractivity contribution in [3.8, 4) is 16.9 Å². The monoisotopic (exact) mass is 465 g/mol. The number of phenols is 1. The molecule has 0 aliphatic rings. The minimum atomic E-state index is -0.556. The molecule has 0 spiro atoms. The van der Waals surface area contributed by atoms with E-state index >= 15 is 0 Å². The van der Waals surface area contributed by atoms with E-state index in [2.05, 4.69) is 48.5 Å². The van der Waals surface area contributed by atoms with Gasteiger partial charge in [-0.05, 0) is 17.0 Å². The number of benzene rings is 2. The van der Waals surface area contributed by atoms with E-state index in [0.29, 0.717) is 11.7 Å². The molecule has 4 heteroatoms. The van der Waals surface area contributed by atoms with Crippen molar-refractivity contribution in [2.24, 2.45) is 0 Å². The van der Waals surface area contributed by atoms with Crippen molar-refractivity contribution in [1.29, 1.82) is 0 Å². The predicted octanol–water partition coefficient (Wildman–Crippen LogP) is 8.51. The van der Waals surface area contributed by atoms with Gasteiger partial charge in [-0.25, -0.2) is 0 Å². The quantitative estimate of drug-likeness (QED) is 0.297. The van der Waals surface area contributed by atoms with Gasteiger partial charge in [0.05, 0.1) is 0 Å². The molecule has 3 rings (SSSR count). The number of rotatable bonds is 2. The first kappa shape index (κ1) is 25.9. The zero-order valence-electron chi connectivity index (χ0n) is 18.4. The maximum absolute atomic E-state index is 10.2. The van der Waals surface area contributed by atoms with Crippen LogP contribution in [0, 0.1) is 34.6 Å². The van der Waals surface area contributed by atoms with Crippen molar-refractivity contribution in [1.82, 2.24) is 0 Å². The SMILES string of the molecule is CC(C)c1cccc(-c2ccccc2)c1O.Cc1c(C)c(C)[c-](C)c1C.[Cl][Ti][Cl]. The summed E-state index contributed by atoms with van der Waals surface area (Å²) in [5.41, 5.74) is 10.3. The fourth-order valence-corrected chi connectivity index (χ4v) is 3.28. The summed E-state index contributed by atoms with van der Waals surface area (Å²) >= 11 is -0.556. The second kappa shape index (κ2) is 12.6. The van der Waals surface area contributed by atoms with E-state index < -0.39 is 17.0 Å². The molecule has 0 fully saturated rings. The Hall–Kier alpha value is -1.12. The first-order valence-electron chi connectivity index (χ1n) is 9.70. The zero-order chi connectivity index (χ0) is 22.1. The molecule has 3 aromatic rings. The molecule has 0 saturated carbocycles. The summed E-state index contributed by atoms with van der Waals surface area (Å²) in [7, 11) is 9.78. The molecule has 0 amide bonds. The molecule has 1 nitrogen and oxygen atoms in total. The Bertz CT molecular complexity index is 819. The van der Waals surface area contributed by atoms with Gasteiger partial charge >= 0.3 is 35.6 Å². The second-order valence-corrected chi connectivity index (χ2v) is 10.0. The number of aromatic hydroxyl groups is 1. The van der Waals surface area contributed by atoms with Crippen LogP contribution >= 0.6 is 18.6 Å². The van der Waals surface area contributed by atoms with Crippen molar-refractivity contribution < 1.29 is 22.1 Å². The van der Waals surface area contributed by atoms with Crippen molar-refractivity contribution in [3.63, 3.8) is 0 Å². The normalized spacial score (nSPS) is 10.0. The molecular weight excluding hydrogens is 435 g/mol. The second-order valence-electron chi connectivity index (χ2n) is 7.46. The van der Waals surface area contributed by atoms with Crippen LogP contribution < -0.4 is 0 Å². The molecule has 0 aromatic heterocycles. The van der Waals surface area contributed by atoms with E-state index in [9.17, 15) is 5.11 Å². The van der Waals surface area contributed by atoms with Gasteiger partial charge in [-0.1, -0.05) is 97.0 Å². The number of phenolic OH excluding ortho intramolecular Hbond substituents is 1. The number of hydrogen-bond acceptors (Lipinski definition) is 1. The van der Waals surface area contributed by atoms with Crippen molar-refractivity contribution in [2.45, 2.75) is 54.4 Å². The Morgan fingerprint density at radius 2 is 1.31 bits per heavy atom. The minimum absolute atomic E-state index is 0.337. The third-order valence-corrected chi connectivity index (χ3v) is 5.59. The van der Waals surface area contributed by atoms with E-state index in [0.717, 1.165) is 16.7 Å². The van der Waals surface area contributed by atoms with Gasteiger partial charge < -0.3 is 5.11 Å². The van der Waals surface area contributed by atoms with Gasteiger partial charge in [0.25, 0.3) is 0 Å². The van der Waals surface area contributed by atoms with Gasteiger partial charge in [0.2, 0.25) is 0 Å². The first-order chi connectivity index (χ1) is 13.7. The predicted molar refractivity (Wildman–Crippen MR) is 125 cm³/mol. The fraction of sp³-hybridized carbons (Fsp3) is 0.320. The molecule has 29 heavy (non-hydrogen) atoms. The number of hydrogen-bond donors (Lipinski definition) is 1. The van der Waals surface area contributed by atoms with Crippen LogP contribution in [0.25, 0.3) is 11.1 Å². The van der Waals surface area contributed by atoms with Gasteiger partial charge in [0.1, 0.15) is 5.75 Å². The molecule has 0 aliphatic carbocycles. The first-order valence-corrected chi connectivity index (χ1v) is 14.0. The van der Waals surface area contributed by atoms with Crippen molar-refractivity contribution >= 4 is 18.6 Å². The Kier molecular flexibility index (Phi) is 11.2. The maximum atomic E-state index is 10.2. The van der Waals surface area contributed by atoms with Gasteiger partial charge in [-0.15, -0.1) is 0 Å². The van der Waals surface area contributed by atoms with Crippen molar-refractivity contribution in [2.75, 3.05) is 0 Å². The molecule has 0 unspecified atom stereocenters. The van der Waals surface area contributed by atoms with Crippen LogP contribution in [0.15, 0.2) is 48.5 Å². The summed E-state index contributed by atoms with van der Waals surface area (Å²) in [6.45, 7) is 15.2.